The first kappa shape index (κ1) is 12.8. The summed E-state index contributed by atoms with van der Waals surface area (Å²) >= 11 is 3.43. The van der Waals surface area contributed by atoms with Crippen molar-refractivity contribution in [3.8, 4) is 0 Å². The Morgan fingerprint density at radius 2 is 2.32 bits per heavy atom. The Kier molecular flexibility index (Phi) is 3.94. The van der Waals surface area contributed by atoms with Crippen LogP contribution in [0.2, 0.25) is 0 Å². The van der Waals surface area contributed by atoms with Crippen LogP contribution in [-0.2, 0) is 0 Å². The molecule has 0 aromatic carbocycles. The maximum Gasteiger partial charge on any atom is 0.112 e. The fourth-order valence-corrected chi connectivity index (χ4v) is 2.80. The monoisotopic (exact) mass is 320 g/mol. The third-order valence-electron chi connectivity index (χ3n) is 3.50. The van der Waals surface area contributed by atoms with E-state index in [-0.39, 0.29) is 0 Å². The lowest BCUT2D eigenvalue weighted by Crippen LogP contribution is -2.39. The van der Waals surface area contributed by atoms with Gasteiger partial charge in [-0.15, -0.1) is 0 Å². The van der Waals surface area contributed by atoms with E-state index in [1.165, 1.54) is 19.3 Å². The van der Waals surface area contributed by atoms with Gasteiger partial charge in [0.25, 0.3) is 0 Å². The number of hydrogen-bond donors (Lipinski definition) is 2. The Balaban J connectivity index is 1.76. The van der Waals surface area contributed by atoms with Crippen molar-refractivity contribution in [2.75, 3.05) is 18.4 Å². The molecule has 2 aromatic heterocycles. The molecule has 0 spiro atoms. The summed E-state index contributed by atoms with van der Waals surface area (Å²) in [6.07, 6.45) is 7.50. The highest BCUT2D eigenvalue weighted by Gasteiger charge is 2.12. The van der Waals surface area contributed by atoms with E-state index in [4.69, 9.17) is 0 Å². The van der Waals surface area contributed by atoms with Crippen LogP contribution in [0, 0.1) is 0 Å². The predicted molar refractivity (Wildman–Crippen MR) is 81.4 cm³/mol. The number of halogens is 1. The first-order chi connectivity index (χ1) is 9.33. The highest BCUT2D eigenvalue weighted by Crippen LogP contribution is 2.22. The largest absolute Gasteiger partial charge is 0.382 e. The summed E-state index contributed by atoms with van der Waals surface area (Å²) < 4.78 is 0.957. The van der Waals surface area contributed by atoms with Gasteiger partial charge in [0.2, 0.25) is 0 Å². The summed E-state index contributed by atoms with van der Waals surface area (Å²) in [5.74, 6) is 0. The lowest BCUT2D eigenvalue weighted by atomic mass is 10.1. The molecule has 1 atom stereocenters. The highest BCUT2D eigenvalue weighted by atomic mass is 79.9. The molecule has 0 aliphatic carbocycles. The van der Waals surface area contributed by atoms with E-state index in [0.717, 1.165) is 34.3 Å². The van der Waals surface area contributed by atoms with E-state index in [0.29, 0.717) is 6.04 Å². The molecule has 2 N–H and O–H groups in total. The maximum atomic E-state index is 4.45. The van der Waals surface area contributed by atoms with E-state index >= 15 is 0 Å². The molecule has 1 unspecified atom stereocenters. The maximum absolute atomic E-state index is 4.45. The number of piperidine rings is 1. The topological polar surface area (TPSA) is 49.8 Å². The van der Waals surface area contributed by atoms with Crippen molar-refractivity contribution in [2.45, 2.75) is 25.3 Å². The second-order valence-electron chi connectivity index (χ2n) is 4.91. The molecular formula is C14H17BrN4. The van der Waals surface area contributed by atoms with Crippen LogP contribution < -0.4 is 10.6 Å². The minimum Gasteiger partial charge on any atom is -0.382 e. The van der Waals surface area contributed by atoms with Gasteiger partial charge in [-0.1, -0.05) is 6.42 Å². The van der Waals surface area contributed by atoms with Crippen LogP contribution in [0.15, 0.2) is 29.0 Å². The Morgan fingerprint density at radius 1 is 1.37 bits per heavy atom. The minimum absolute atomic E-state index is 0.562. The lowest BCUT2D eigenvalue weighted by molar-refractivity contribution is 0.414. The van der Waals surface area contributed by atoms with E-state index in [9.17, 15) is 0 Å². The van der Waals surface area contributed by atoms with Crippen LogP contribution in [0.3, 0.4) is 0 Å². The lowest BCUT2D eigenvalue weighted by Gasteiger charge is -2.24. The predicted octanol–water partition coefficient (Wildman–Crippen LogP) is 2.95. The van der Waals surface area contributed by atoms with E-state index in [2.05, 4.69) is 36.5 Å². The summed E-state index contributed by atoms with van der Waals surface area (Å²) in [5.41, 5.74) is 2.90. The summed E-state index contributed by atoms with van der Waals surface area (Å²) in [7, 11) is 0. The fourth-order valence-electron chi connectivity index (χ4n) is 2.48. The number of rotatable bonds is 3. The van der Waals surface area contributed by atoms with E-state index < -0.39 is 0 Å². The van der Waals surface area contributed by atoms with Crippen LogP contribution in [0.4, 0.5) is 5.69 Å². The van der Waals surface area contributed by atoms with Gasteiger partial charge in [0.1, 0.15) is 5.52 Å². The van der Waals surface area contributed by atoms with Gasteiger partial charge in [0, 0.05) is 29.5 Å². The van der Waals surface area contributed by atoms with Crippen molar-refractivity contribution in [3.05, 3.63) is 29.0 Å². The number of anilines is 1. The van der Waals surface area contributed by atoms with Gasteiger partial charge < -0.3 is 10.6 Å². The molecule has 4 nitrogen and oxygen atoms in total. The number of nitrogens with one attached hydrogen (secondary N) is 2. The zero-order chi connectivity index (χ0) is 13.1. The molecule has 3 rings (SSSR count). The third kappa shape index (κ3) is 3.04. The van der Waals surface area contributed by atoms with Crippen LogP contribution in [0.5, 0.6) is 0 Å². The van der Waals surface area contributed by atoms with Crippen molar-refractivity contribution in [1.29, 1.82) is 0 Å². The van der Waals surface area contributed by atoms with Crippen LogP contribution in [0.1, 0.15) is 19.3 Å². The van der Waals surface area contributed by atoms with Crippen LogP contribution >= 0.6 is 15.9 Å². The molecule has 19 heavy (non-hydrogen) atoms. The highest BCUT2D eigenvalue weighted by molar-refractivity contribution is 9.10. The average Bonchev–Trinajstić information content (AvgIpc) is 2.45. The van der Waals surface area contributed by atoms with Gasteiger partial charge in [-0.05, 0) is 47.4 Å². The van der Waals surface area contributed by atoms with Crippen molar-refractivity contribution < 1.29 is 0 Å². The quantitative estimate of drug-likeness (QED) is 0.913. The van der Waals surface area contributed by atoms with Crippen molar-refractivity contribution in [2.24, 2.45) is 0 Å². The summed E-state index contributed by atoms with van der Waals surface area (Å²) in [4.78, 5) is 8.80. The Hall–Kier alpha value is -1.20. The zero-order valence-electron chi connectivity index (χ0n) is 10.7. The first-order valence-electron chi connectivity index (χ1n) is 6.70. The standard InChI is InChI=1S/C14H17BrN4/c15-10-7-13-14(19-8-10)12(4-6-17-13)18-9-11-3-1-2-5-16-11/h4,6-8,11,16H,1-3,5,9H2,(H,17,18). The number of nitrogens with zero attached hydrogens (tertiary/aromatic N) is 2. The van der Waals surface area contributed by atoms with Gasteiger partial charge in [-0.2, -0.15) is 0 Å². The smallest absolute Gasteiger partial charge is 0.112 e. The Morgan fingerprint density at radius 3 is 3.16 bits per heavy atom. The third-order valence-corrected chi connectivity index (χ3v) is 3.93. The van der Waals surface area contributed by atoms with Gasteiger partial charge in [0.15, 0.2) is 0 Å². The second kappa shape index (κ2) is 5.84. The van der Waals surface area contributed by atoms with E-state index in [1.807, 2.05) is 24.5 Å². The zero-order valence-corrected chi connectivity index (χ0v) is 12.3. The second-order valence-corrected chi connectivity index (χ2v) is 5.82. The molecule has 5 heteroatoms. The van der Waals surface area contributed by atoms with Gasteiger partial charge >= 0.3 is 0 Å². The van der Waals surface area contributed by atoms with Gasteiger partial charge in [-0.3, -0.25) is 9.97 Å². The van der Waals surface area contributed by atoms with Crippen molar-refractivity contribution in [3.63, 3.8) is 0 Å². The molecule has 0 saturated carbocycles. The molecule has 1 saturated heterocycles. The molecule has 0 amide bonds. The minimum atomic E-state index is 0.562. The number of pyridine rings is 2. The van der Waals surface area contributed by atoms with Crippen molar-refractivity contribution in [1.82, 2.24) is 15.3 Å². The Bertz CT molecular complexity index is 566. The van der Waals surface area contributed by atoms with Crippen LogP contribution in [0.25, 0.3) is 11.0 Å². The van der Waals surface area contributed by atoms with Crippen molar-refractivity contribution >= 4 is 32.7 Å². The molecule has 2 aromatic rings. The summed E-state index contributed by atoms with van der Waals surface area (Å²) in [5, 5.41) is 7.04. The summed E-state index contributed by atoms with van der Waals surface area (Å²) in [6.45, 7) is 2.07. The van der Waals surface area contributed by atoms with Crippen LogP contribution in [-0.4, -0.2) is 29.1 Å². The molecular weight excluding hydrogens is 304 g/mol. The molecule has 1 fully saturated rings. The first-order valence-corrected chi connectivity index (χ1v) is 7.50. The normalized spacial score (nSPS) is 19.5. The van der Waals surface area contributed by atoms with Gasteiger partial charge in [0.05, 0.1) is 11.2 Å². The number of aromatic nitrogens is 2. The Labute approximate surface area is 121 Å². The molecule has 100 valence electrons. The molecule has 1 aliphatic rings. The molecule has 1 aliphatic heterocycles. The van der Waals surface area contributed by atoms with Gasteiger partial charge in [-0.25, -0.2) is 0 Å². The average molecular weight is 321 g/mol. The molecule has 0 radical (unpaired) electrons. The molecule has 3 heterocycles. The number of fused-ring (bicyclic) bond motifs is 1. The number of hydrogen-bond acceptors (Lipinski definition) is 4. The fraction of sp³-hybridized carbons (Fsp3) is 0.429. The van der Waals surface area contributed by atoms with E-state index in [1.54, 1.807) is 0 Å². The molecule has 0 bridgehead atoms. The SMILES string of the molecule is Brc1cnc2c(NCC3CCCCN3)ccnc2c1. The summed E-state index contributed by atoms with van der Waals surface area (Å²) in [6, 6.07) is 4.55.